The predicted octanol–water partition coefficient (Wildman–Crippen LogP) is -0.0100. The van der Waals surface area contributed by atoms with E-state index in [4.69, 9.17) is 0 Å². The second-order valence-corrected chi connectivity index (χ2v) is 2.44. The Kier molecular flexibility index (Phi) is 2.68. The van der Waals surface area contributed by atoms with Crippen LogP contribution in [0.2, 0.25) is 0 Å². The molecule has 0 aliphatic carbocycles. The maximum Gasteiger partial charge on any atom is 0.236 e. The zero-order chi connectivity index (χ0) is 7.40. The molecule has 1 rings (SSSR count). The number of rotatable bonds is 2. The van der Waals surface area contributed by atoms with E-state index in [0.29, 0.717) is 6.54 Å². The average Bonchev–Trinajstić information content (AvgIpc) is 2.38. The highest BCUT2D eigenvalue weighted by molar-refractivity contribution is 5.79. The Bertz CT molecular complexity index is 119. The topological polar surface area (TPSA) is 32.3 Å². The van der Waals surface area contributed by atoms with Crippen molar-refractivity contribution in [2.75, 3.05) is 20.1 Å². The minimum Gasteiger partial charge on any atom is -0.337 e. The molecule has 1 aliphatic rings. The molecule has 1 heterocycles. The predicted molar refractivity (Wildman–Crippen MR) is 39.2 cm³/mol. The van der Waals surface area contributed by atoms with Crippen molar-refractivity contribution in [1.29, 1.82) is 0 Å². The zero-order valence-corrected chi connectivity index (χ0v) is 6.26. The second-order valence-electron chi connectivity index (χ2n) is 2.44. The third kappa shape index (κ3) is 1.70. The molecule has 0 unspecified atom stereocenters. The van der Waals surface area contributed by atoms with Crippen LogP contribution in [0.25, 0.3) is 0 Å². The molecule has 1 aliphatic heterocycles. The van der Waals surface area contributed by atoms with Crippen LogP contribution < -0.4 is 5.32 Å². The molecule has 0 aromatic rings. The smallest absolute Gasteiger partial charge is 0.236 e. The van der Waals surface area contributed by atoms with Crippen molar-refractivity contribution >= 4 is 5.91 Å². The van der Waals surface area contributed by atoms with Gasteiger partial charge < -0.3 is 10.2 Å². The van der Waals surface area contributed by atoms with Crippen molar-refractivity contribution in [2.24, 2.45) is 0 Å². The number of hydrogen-bond acceptors (Lipinski definition) is 2. The van der Waals surface area contributed by atoms with Crippen LogP contribution in [0.15, 0.2) is 0 Å². The van der Waals surface area contributed by atoms with E-state index in [2.05, 4.69) is 5.32 Å². The van der Waals surface area contributed by atoms with Crippen LogP contribution in [0.5, 0.6) is 0 Å². The van der Waals surface area contributed by atoms with E-state index in [-0.39, 0.29) is 5.91 Å². The number of likely N-dealkylation sites (N-methyl/N-ethyl adjacent to an activating group) is 1. The number of carbonyl (C=O) groups is 1. The van der Waals surface area contributed by atoms with Gasteiger partial charge in [0.15, 0.2) is 0 Å². The van der Waals surface area contributed by atoms with Crippen molar-refractivity contribution in [2.45, 2.75) is 12.8 Å². The van der Waals surface area contributed by atoms with Gasteiger partial charge in [-0.15, -0.1) is 0 Å². The van der Waals surface area contributed by atoms with E-state index in [1.54, 1.807) is 11.9 Å². The van der Waals surface area contributed by atoms with Crippen LogP contribution in [-0.4, -0.2) is 30.9 Å². The minimum atomic E-state index is 0.181. The van der Waals surface area contributed by atoms with E-state index in [9.17, 15) is 4.79 Å². The molecule has 3 nitrogen and oxygen atoms in total. The number of amides is 1. The summed E-state index contributed by atoms with van der Waals surface area (Å²) in [6, 6.07) is 0. The average molecular weight is 141 g/mol. The van der Waals surface area contributed by atoms with Crippen molar-refractivity contribution in [3.8, 4) is 0 Å². The molecule has 0 atom stereocenters. The summed E-state index contributed by atoms with van der Waals surface area (Å²) in [5.74, 6) is 0.181. The molecule has 1 fully saturated rings. The van der Waals surface area contributed by atoms with Gasteiger partial charge in [-0.25, -0.2) is 0 Å². The van der Waals surface area contributed by atoms with E-state index in [0.717, 1.165) is 19.4 Å². The first-order valence-electron chi connectivity index (χ1n) is 3.62. The van der Waals surface area contributed by atoms with Crippen LogP contribution >= 0.6 is 0 Å². The van der Waals surface area contributed by atoms with Crippen LogP contribution in [0, 0.1) is 6.54 Å². The van der Waals surface area contributed by atoms with Crippen molar-refractivity contribution in [3.63, 3.8) is 0 Å². The quantitative estimate of drug-likeness (QED) is 0.586. The lowest BCUT2D eigenvalue weighted by molar-refractivity contribution is -0.127. The lowest BCUT2D eigenvalue weighted by atomic mass is 10.4. The van der Waals surface area contributed by atoms with Crippen LogP contribution in [-0.2, 0) is 4.79 Å². The van der Waals surface area contributed by atoms with Gasteiger partial charge in [0.25, 0.3) is 0 Å². The van der Waals surface area contributed by atoms with Crippen LogP contribution in [0.3, 0.4) is 0 Å². The molecule has 3 heteroatoms. The molecule has 0 spiro atoms. The molecule has 1 N–H and O–H groups in total. The summed E-state index contributed by atoms with van der Waals surface area (Å²) in [5, 5.41) is 2.83. The van der Waals surface area contributed by atoms with Gasteiger partial charge in [-0.1, -0.05) is 0 Å². The molecule has 0 aromatic heterocycles. The summed E-state index contributed by atoms with van der Waals surface area (Å²) in [5.41, 5.74) is 0. The summed E-state index contributed by atoms with van der Waals surface area (Å²) >= 11 is 0. The fourth-order valence-electron chi connectivity index (χ4n) is 1.08. The SMILES string of the molecule is CNCC(=O)N1[CH]CCC1. The normalized spacial score (nSPS) is 17.9. The van der Waals surface area contributed by atoms with E-state index in [1.165, 1.54) is 0 Å². The van der Waals surface area contributed by atoms with Gasteiger partial charge in [-0.3, -0.25) is 4.79 Å². The highest BCUT2D eigenvalue weighted by atomic mass is 16.2. The molecular formula is C7H13N2O. The second kappa shape index (κ2) is 3.56. The van der Waals surface area contributed by atoms with E-state index >= 15 is 0 Å². The number of carbonyl (C=O) groups excluding carboxylic acids is 1. The third-order valence-corrected chi connectivity index (χ3v) is 1.60. The van der Waals surface area contributed by atoms with Gasteiger partial charge in [0, 0.05) is 6.54 Å². The fraction of sp³-hybridized carbons (Fsp3) is 0.714. The monoisotopic (exact) mass is 141 g/mol. The Labute approximate surface area is 61.4 Å². The molecule has 1 saturated heterocycles. The first-order valence-corrected chi connectivity index (χ1v) is 3.62. The first-order chi connectivity index (χ1) is 4.84. The molecule has 1 amide bonds. The van der Waals surface area contributed by atoms with Crippen molar-refractivity contribution in [3.05, 3.63) is 6.54 Å². The van der Waals surface area contributed by atoms with Crippen LogP contribution in [0.4, 0.5) is 0 Å². The standard InChI is InChI=1S/C7H13N2O/c1-8-6-7(10)9-4-2-3-5-9/h4,8H,2-3,5-6H2,1H3. The third-order valence-electron chi connectivity index (χ3n) is 1.60. The molecule has 0 aromatic carbocycles. The zero-order valence-electron chi connectivity index (χ0n) is 6.26. The number of likely N-dealkylation sites (tertiary alicyclic amines) is 1. The molecular weight excluding hydrogens is 128 g/mol. The maximum atomic E-state index is 11.1. The lowest BCUT2D eigenvalue weighted by Crippen LogP contribution is -2.32. The van der Waals surface area contributed by atoms with Gasteiger partial charge in [-0.2, -0.15) is 0 Å². The number of hydrogen-bond donors (Lipinski definition) is 1. The lowest BCUT2D eigenvalue weighted by Gasteiger charge is -2.13. The van der Waals surface area contributed by atoms with Crippen molar-refractivity contribution in [1.82, 2.24) is 10.2 Å². The largest absolute Gasteiger partial charge is 0.337 e. The van der Waals surface area contributed by atoms with Gasteiger partial charge in [0.05, 0.1) is 13.1 Å². The molecule has 1 radical (unpaired) electrons. The first kappa shape index (κ1) is 7.54. The Morgan fingerprint density at radius 2 is 2.60 bits per heavy atom. The Hall–Kier alpha value is -0.570. The Morgan fingerprint density at radius 1 is 1.80 bits per heavy atom. The van der Waals surface area contributed by atoms with Gasteiger partial charge >= 0.3 is 0 Å². The van der Waals surface area contributed by atoms with Gasteiger partial charge in [0.2, 0.25) is 5.91 Å². The van der Waals surface area contributed by atoms with E-state index < -0.39 is 0 Å². The maximum absolute atomic E-state index is 11.1. The number of nitrogens with one attached hydrogen (secondary N) is 1. The van der Waals surface area contributed by atoms with E-state index in [1.807, 2.05) is 6.54 Å². The molecule has 57 valence electrons. The molecule has 0 saturated carbocycles. The number of nitrogens with zero attached hydrogens (tertiary/aromatic N) is 1. The van der Waals surface area contributed by atoms with Crippen LogP contribution in [0.1, 0.15) is 12.8 Å². The van der Waals surface area contributed by atoms with Gasteiger partial charge in [0.1, 0.15) is 0 Å². The van der Waals surface area contributed by atoms with Crippen molar-refractivity contribution < 1.29 is 4.79 Å². The highest BCUT2D eigenvalue weighted by Crippen LogP contribution is 2.11. The molecule has 10 heavy (non-hydrogen) atoms. The highest BCUT2D eigenvalue weighted by Gasteiger charge is 2.16. The summed E-state index contributed by atoms with van der Waals surface area (Å²) in [6.07, 6.45) is 2.17. The Balaban J connectivity index is 2.25. The summed E-state index contributed by atoms with van der Waals surface area (Å²) in [6.45, 7) is 3.33. The van der Waals surface area contributed by atoms with Gasteiger partial charge in [-0.05, 0) is 19.9 Å². The molecule has 0 bridgehead atoms. The Morgan fingerprint density at radius 3 is 3.10 bits per heavy atom. The summed E-state index contributed by atoms with van der Waals surface area (Å²) in [7, 11) is 1.79. The minimum absolute atomic E-state index is 0.181. The summed E-state index contributed by atoms with van der Waals surface area (Å²) < 4.78 is 0. The summed E-state index contributed by atoms with van der Waals surface area (Å²) in [4.78, 5) is 12.9. The fourth-order valence-corrected chi connectivity index (χ4v) is 1.08.